The van der Waals surface area contributed by atoms with Crippen molar-refractivity contribution in [3.63, 3.8) is 0 Å². The normalized spacial score (nSPS) is 18.0. The Kier molecular flexibility index (Phi) is 5.92. The molecule has 1 saturated heterocycles. The van der Waals surface area contributed by atoms with Crippen molar-refractivity contribution < 1.29 is 4.21 Å². The molecule has 14 heteroatoms. The summed E-state index contributed by atoms with van der Waals surface area (Å²) in [5.74, 6) is 0.561. The number of hydrogen-bond acceptors (Lipinski definition) is 6. The minimum atomic E-state index is -0.895. The van der Waals surface area contributed by atoms with Crippen LogP contribution in [-0.4, -0.2) is 44.8 Å². The zero-order valence-corrected chi connectivity index (χ0v) is 20.1. The van der Waals surface area contributed by atoms with Crippen LogP contribution < -0.4 is 16.8 Å². The monoisotopic (exact) mass is 531 g/mol. The molecule has 0 amide bonds. The summed E-state index contributed by atoms with van der Waals surface area (Å²) >= 11 is 13.1. The third-order valence-electron chi connectivity index (χ3n) is 5.76. The Bertz CT molecular complexity index is 1710. The van der Waals surface area contributed by atoms with Crippen molar-refractivity contribution >= 4 is 50.9 Å². The van der Waals surface area contributed by atoms with Gasteiger partial charge in [-0.25, -0.2) is 9.48 Å². The average Bonchev–Trinajstić information content (AvgIpc) is 3.23. The number of hydrogen-bond donors (Lipinski definition) is 1. The first-order valence-electron chi connectivity index (χ1n) is 10.3. The van der Waals surface area contributed by atoms with E-state index in [0.717, 1.165) is 4.68 Å². The van der Waals surface area contributed by atoms with Gasteiger partial charge >= 0.3 is 11.5 Å². The van der Waals surface area contributed by atoms with Gasteiger partial charge in [-0.2, -0.15) is 5.10 Å². The number of H-pyrrole nitrogens is 1. The van der Waals surface area contributed by atoms with E-state index >= 15 is 0 Å². The van der Waals surface area contributed by atoms with Gasteiger partial charge in [-0.05, 0) is 36.1 Å². The molecule has 0 saturated carbocycles. The fraction of sp³-hybridized carbons (Fsp3) is 0.238. The molecule has 11 nitrogen and oxygen atoms in total. The zero-order chi connectivity index (χ0) is 24.9. The molecule has 5 rings (SSSR count). The summed E-state index contributed by atoms with van der Waals surface area (Å²) in [7, 11) is -0.865. The fourth-order valence-electron chi connectivity index (χ4n) is 4.15. The van der Waals surface area contributed by atoms with Crippen LogP contribution in [0, 0.1) is 6.57 Å². The van der Waals surface area contributed by atoms with Gasteiger partial charge in [-0.15, -0.1) is 4.68 Å². The van der Waals surface area contributed by atoms with Gasteiger partial charge in [-0.1, -0.05) is 29.8 Å². The Balaban J connectivity index is 1.64. The minimum Gasteiger partial charge on any atom is -0.354 e. The number of benzene rings is 1. The van der Waals surface area contributed by atoms with E-state index in [0.29, 0.717) is 41.1 Å². The SMILES string of the molecule is [C-]#[N+]c1nn(-c2cc(Cl)c(-n3ncc4c3ccc(=O)n4C3CCS(=O)CC3)c(Cl)c2)c(=O)[nH]c1=O. The predicted octanol–water partition coefficient (Wildman–Crippen LogP) is 2.36. The van der Waals surface area contributed by atoms with E-state index in [9.17, 15) is 18.6 Å². The number of aromatic amines is 1. The molecule has 35 heavy (non-hydrogen) atoms. The molecular formula is C21H15Cl2N7O4S. The van der Waals surface area contributed by atoms with E-state index in [1.807, 2.05) is 4.98 Å². The summed E-state index contributed by atoms with van der Waals surface area (Å²) in [4.78, 5) is 41.6. The third-order valence-corrected chi connectivity index (χ3v) is 7.72. The summed E-state index contributed by atoms with van der Waals surface area (Å²) < 4.78 is 15.8. The molecule has 4 heterocycles. The van der Waals surface area contributed by atoms with Crippen LogP contribution in [0.25, 0.3) is 27.3 Å². The quantitative estimate of drug-likeness (QED) is 0.404. The van der Waals surface area contributed by atoms with Crippen molar-refractivity contribution in [3.8, 4) is 11.4 Å². The first-order valence-corrected chi connectivity index (χ1v) is 12.6. The van der Waals surface area contributed by atoms with Gasteiger partial charge in [-0.3, -0.25) is 18.8 Å². The molecule has 1 N–H and O–H groups in total. The van der Waals surface area contributed by atoms with Gasteiger partial charge in [0.2, 0.25) is 0 Å². The van der Waals surface area contributed by atoms with E-state index in [2.05, 4.69) is 15.0 Å². The predicted molar refractivity (Wildman–Crippen MR) is 132 cm³/mol. The molecular weight excluding hydrogens is 517 g/mol. The van der Waals surface area contributed by atoms with Crippen LogP contribution in [0.5, 0.6) is 0 Å². The Morgan fingerprint density at radius 1 is 1.06 bits per heavy atom. The molecule has 4 aromatic rings. The fourth-order valence-corrected chi connectivity index (χ4v) is 6.06. The topological polar surface area (TPSA) is 129 Å². The highest BCUT2D eigenvalue weighted by molar-refractivity contribution is 7.85. The van der Waals surface area contributed by atoms with Crippen LogP contribution in [0.3, 0.4) is 0 Å². The van der Waals surface area contributed by atoms with Crippen LogP contribution in [0.15, 0.2) is 44.8 Å². The Morgan fingerprint density at radius 3 is 2.40 bits per heavy atom. The number of pyridine rings is 1. The van der Waals surface area contributed by atoms with Crippen molar-refractivity contribution in [1.82, 2.24) is 29.1 Å². The van der Waals surface area contributed by atoms with Crippen LogP contribution in [0.4, 0.5) is 5.82 Å². The van der Waals surface area contributed by atoms with E-state index < -0.39 is 27.9 Å². The van der Waals surface area contributed by atoms with Crippen LogP contribution in [0.1, 0.15) is 18.9 Å². The Labute approximate surface area is 208 Å². The summed E-state index contributed by atoms with van der Waals surface area (Å²) in [5, 5.41) is 8.42. The molecule has 0 unspecified atom stereocenters. The second-order valence-electron chi connectivity index (χ2n) is 7.81. The molecule has 1 fully saturated rings. The van der Waals surface area contributed by atoms with E-state index in [-0.39, 0.29) is 27.3 Å². The summed E-state index contributed by atoms with van der Waals surface area (Å²) in [6.07, 6.45) is 2.81. The first-order chi connectivity index (χ1) is 16.8. The van der Waals surface area contributed by atoms with Crippen LogP contribution >= 0.6 is 23.2 Å². The van der Waals surface area contributed by atoms with Crippen LogP contribution in [-0.2, 0) is 10.8 Å². The van der Waals surface area contributed by atoms with E-state index in [1.54, 1.807) is 16.8 Å². The average molecular weight is 532 g/mol. The molecule has 1 aromatic carbocycles. The maximum Gasteiger partial charge on any atom is 0.365 e. The summed E-state index contributed by atoms with van der Waals surface area (Å²) in [6.45, 7) is 7.04. The smallest absolute Gasteiger partial charge is 0.354 e. The molecule has 3 aromatic heterocycles. The standard InChI is InChI=1S/C21H15Cl2N7O4S/c1-24-19-20(32)26-21(33)29(27-19)12-8-13(22)18(14(23)9-12)30-15-2-3-17(31)28(16(15)10-25-30)11-4-6-35(34)7-5-11/h2-3,8-11H,4-7H2,(H,26,32,33). The molecule has 1 aliphatic heterocycles. The summed E-state index contributed by atoms with van der Waals surface area (Å²) in [5.41, 5.74) is -0.309. The zero-order valence-electron chi connectivity index (χ0n) is 17.8. The summed E-state index contributed by atoms with van der Waals surface area (Å²) in [6, 6.07) is 5.79. The lowest BCUT2D eigenvalue weighted by Crippen LogP contribution is -2.30. The van der Waals surface area contributed by atoms with Crippen molar-refractivity contribution in [1.29, 1.82) is 0 Å². The highest BCUT2D eigenvalue weighted by Crippen LogP contribution is 2.33. The van der Waals surface area contributed by atoms with Crippen molar-refractivity contribution in [2.75, 3.05) is 11.5 Å². The highest BCUT2D eigenvalue weighted by atomic mass is 35.5. The number of aromatic nitrogens is 6. The largest absolute Gasteiger partial charge is 0.365 e. The molecule has 1 aliphatic rings. The first kappa shape index (κ1) is 23.2. The van der Waals surface area contributed by atoms with E-state index in [4.69, 9.17) is 29.8 Å². The van der Waals surface area contributed by atoms with Gasteiger partial charge < -0.3 is 9.41 Å². The number of nitrogens with one attached hydrogen (secondary N) is 1. The molecule has 0 atom stereocenters. The number of halogens is 2. The van der Waals surface area contributed by atoms with Crippen molar-refractivity contribution in [2.24, 2.45) is 0 Å². The minimum absolute atomic E-state index is 0.0929. The lowest BCUT2D eigenvalue weighted by molar-refractivity contribution is 0.463. The molecule has 0 radical (unpaired) electrons. The molecule has 0 spiro atoms. The lowest BCUT2D eigenvalue weighted by Gasteiger charge is -2.24. The maximum absolute atomic E-state index is 12.7. The second-order valence-corrected chi connectivity index (χ2v) is 10.3. The molecule has 0 aliphatic carbocycles. The number of fused-ring (bicyclic) bond motifs is 1. The highest BCUT2D eigenvalue weighted by Gasteiger charge is 2.24. The van der Waals surface area contributed by atoms with Gasteiger partial charge in [0.05, 0.1) is 33.0 Å². The third kappa shape index (κ3) is 4.01. The Hall–Kier alpha value is -3.53. The Morgan fingerprint density at radius 2 is 1.74 bits per heavy atom. The lowest BCUT2D eigenvalue weighted by atomic mass is 10.1. The van der Waals surface area contributed by atoms with Gasteiger partial charge in [0.1, 0.15) is 5.69 Å². The maximum atomic E-state index is 12.7. The van der Waals surface area contributed by atoms with Crippen molar-refractivity contribution in [2.45, 2.75) is 18.9 Å². The number of nitrogens with zero attached hydrogens (tertiary/aromatic N) is 6. The van der Waals surface area contributed by atoms with Gasteiger partial charge in [0, 0.05) is 34.4 Å². The van der Waals surface area contributed by atoms with Gasteiger partial charge in [0.25, 0.3) is 11.1 Å². The van der Waals surface area contributed by atoms with Crippen molar-refractivity contribution in [3.05, 3.63) is 83.1 Å². The molecule has 178 valence electrons. The second kappa shape index (κ2) is 8.92. The molecule has 0 bridgehead atoms. The van der Waals surface area contributed by atoms with Crippen LogP contribution in [0.2, 0.25) is 10.0 Å². The number of rotatable bonds is 3. The van der Waals surface area contributed by atoms with Gasteiger partial charge in [0.15, 0.2) is 0 Å². The van der Waals surface area contributed by atoms with E-state index in [1.165, 1.54) is 22.9 Å².